The van der Waals surface area contributed by atoms with Gasteiger partial charge in [-0.3, -0.25) is 5.01 Å². The zero-order valence-corrected chi connectivity index (χ0v) is 8.32. The fourth-order valence-corrected chi connectivity index (χ4v) is 2.27. The summed E-state index contributed by atoms with van der Waals surface area (Å²) in [7, 11) is 1.99. The Morgan fingerprint density at radius 3 is 2.92 bits per heavy atom. The van der Waals surface area contributed by atoms with Crippen molar-refractivity contribution >= 4 is 28.6 Å². The van der Waals surface area contributed by atoms with E-state index in [1.165, 1.54) is 4.88 Å². The van der Waals surface area contributed by atoms with Crippen LogP contribution in [0.15, 0.2) is 17.2 Å². The average Bonchev–Trinajstić information content (AvgIpc) is 2.58. The van der Waals surface area contributed by atoms with Crippen molar-refractivity contribution < 1.29 is 0 Å². The molecule has 2 nitrogen and oxygen atoms in total. The fourth-order valence-electron chi connectivity index (χ4n) is 1.22. The van der Waals surface area contributed by atoms with E-state index in [4.69, 9.17) is 11.6 Å². The van der Waals surface area contributed by atoms with Gasteiger partial charge in [0, 0.05) is 20.0 Å². The zero-order chi connectivity index (χ0) is 8.55. The van der Waals surface area contributed by atoms with E-state index in [1.807, 2.05) is 24.2 Å². The monoisotopic (exact) mass is 200 g/mol. The van der Waals surface area contributed by atoms with Gasteiger partial charge in [0.1, 0.15) is 0 Å². The number of thiophene rings is 1. The first-order valence-electron chi connectivity index (χ1n) is 3.80. The van der Waals surface area contributed by atoms with Crippen LogP contribution in [0.1, 0.15) is 11.3 Å². The molecule has 1 aromatic rings. The molecule has 0 radical (unpaired) electrons. The maximum absolute atomic E-state index is 5.83. The van der Waals surface area contributed by atoms with Crippen LogP contribution in [-0.2, 0) is 0 Å². The molecule has 12 heavy (non-hydrogen) atoms. The van der Waals surface area contributed by atoms with Gasteiger partial charge in [-0.2, -0.15) is 5.10 Å². The van der Waals surface area contributed by atoms with E-state index in [2.05, 4.69) is 5.10 Å². The summed E-state index contributed by atoms with van der Waals surface area (Å²) in [6.07, 6.45) is 1.04. The highest BCUT2D eigenvalue weighted by Gasteiger charge is 2.13. The largest absolute Gasteiger partial charge is 0.299 e. The summed E-state index contributed by atoms with van der Waals surface area (Å²) >= 11 is 7.42. The summed E-state index contributed by atoms with van der Waals surface area (Å²) in [4.78, 5) is 1.20. The molecule has 0 aliphatic carbocycles. The van der Waals surface area contributed by atoms with Crippen molar-refractivity contribution in [2.24, 2.45) is 5.10 Å². The molecule has 1 aliphatic rings. The Kier molecular flexibility index (Phi) is 2.07. The number of hydrogen-bond acceptors (Lipinski definition) is 3. The molecule has 0 unspecified atom stereocenters. The lowest BCUT2D eigenvalue weighted by Gasteiger charge is -2.00. The van der Waals surface area contributed by atoms with E-state index in [9.17, 15) is 0 Å². The highest BCUT2D eigenvalue weighted by molar-refractivity contribution is 7.18. The summed E-state index contributed by atoms with van der Waals surface area (Å²) in [6, 6.07) is 3.95. The molecular weight excluding hydrogens is 192 g/mol. The predicted octanol–water partition coefficient (Wildman–Crippen LogP) is 2.44. The topological polar surface area (TPSA) is 15.6 Å². The summed E-state index contributed by atoms with van der Waals surface area (Å²) in [6.45, 7) is 1.02. The Hall–Kier alpha value is -0.540. The maximum atomic E-state index is 5.83. The van der Waals surface area contributed by atoms with Crippen molar-refractivity contribution in [3.63, 3.8) is 0 Å². The number of hydrogen-bond donors (Lipinski definition) is 0. The lowest BCUT2D eigenvalue weighted by molar-refractivity contribution is 0.393. The van der Waals surface area contributed by atoms with Gasteiger partial charge in [-0.1, -0.05) is 11.6 Å². The lowest BCUT2D eigenvalue weighted by atomic mass is 10.2. The highest BCUT2D eigenvalue weighted by atomic mass is 35.5. The number of rotatable bonds is 1. The average molecular weight is 201 g/mol. The predicted molar refractivity (Wildman–Crippen MR) is 53.1 cm³/mol. The third-order valence-corrected chi connectivity index (χ3v) is 3.10. The van der Waals surface area contributed by atoms with Gasteiger partial charge < -0.3 is 0 Å². The third kappa shape index (κ3) is 1.47. The van der Waals surface area contributed by atoms with Crippen LogP contribution in [0.25, 0.3) is 0 Å². The van der Waals surface area contributed by atoms with Crippen LogP contribution < -0.4 is 0 Å². The Bertz CT molecular complexity index is 319. The van der Waals surface area contributed by atoms with Crippen LogP contribution >= 0.6 is 22.9 Å². The molecule has 0 spiro atoms. The van der Waals surface area contributed by atoms with Crippen molar-refractivity contribution in [2.45, 2.75) is 6.42 Å². The molecule has 2 heterocycles. The molecular formula is C8H9ClN2S. The Labute approximate surface area is 80.5 Å². The highest BCUT2D eigenvalue weighted by Crippen LogP contribution is 2.24. The second kappa shape index (κ2) is 3.07. The van der Waals surface area contributed by atoms with E-state index in [0.29, 0.717) is 0 Å². The minimum Gasteiger partial charge on any atom is -0.299 e. The first kappa shape index (κ1) is 8.08. The molecule has 64 valence electrons. The van der Waals surface area contributed by atoms with Crippen LogP contribution in [0.5, 0.6) is 0 Å². The van der Waals surface area contributed by atoms with Crippen molar-refractivity contribution in [1.82, 2.24) is 5.01 Å². The first-order chi connectivity index (χ1) is 5.75. The summed E-state index contributed by atoms with van der Waals surface area (Å²) in [5.41, 5.74) is 1.16. The second-order valence-electron chi connectivity index (χ2n) is 2.78. The quantitative estimate of drug-likeness (QED) is 0.680. The van der Waals surface area contributed by atoms with Crippen molar-refractivity contribution in [3.8, 4) is 0 Å². The van der Waals surface area contributed by atoms with Crippen LogP contribution in [0.3, 0.4) is 0 Å². The summed E-state index contributed by atoms with van der Waals surface area (Å²) < 4.78 is 0.835. The SMILES string of the molecule is CN1CCC(c2ccc(Cl)s2)=N1. The molecule has 1 aliphatic heterocycles. The first-order valence-corrected chi connectivity index (χ1v) is 4.99. The van der Waals surface area contributed by atoms with Crippen molar-refractivity contribution in [2.75, 3.05) is 13.6 Å². The third-order valence-electron chi connectivity index (χ3n) is 1.82. The molecule has 0 amide bonds. The summed E-state index contributed by atoms with van der Waals surface area (Å²) in [5, 5.41) is 6.34. The minimum absolute atomic E-state index is 0.835. The lowest BCUT2D eigenvalue weighted by Crippen LogP contribution is -2.04. The molecule has 0 bridgehead atoms. The van der Waals surface area contributed by atoms with E-state index in [1.54, 1.807) is 11.3 Å². The standard InChI is InChI=1S/C8H9ClN2S/c1-11-5-4-6(10-11)7-2-3-8(9)12-7/h2-3H,4-5H2,1H3. The molecule has 0 aromatic carbocycles. The van der Waals surface area contributed by atoms with Gasteiger partial charge in [-0.05, 0) is 12.1 Å². The van der Waals surface area contributed by atoms with Crippen LogP contribution in [0, 0.1) is 0 Å². The zero-order valence-electron chi connectivity index (χ0n) is 6.75. The Balaban J connectivity index is 2.26. The normalized spacial score (nSPS) is 16.8. The van der Waals surface area contributed by atoms with Gasteiger partial charge in [0.25, 0.3) is 0 Å². The fraction of sp³-hybridized carbons (Fsp3) is 0.375. The van der Waals surface area contributed by atoms with Gasteiger partial charge in [0.15, 0.2) is 0 Å². The van der Waals surface area contributed by atoms with Crippen LogP contribution in [0.2, 0.25) is 4.34 Å². The maximum Gasteiger partial charge on any atom is 0.0935 e. The van der Waals surface area contributed by atoms with Gasteiger partial charge >= 0.3 is 0 Å². The molecule has 0 fully saturated rings. The smallest absolute Gasteiger partial charge is 0.0935 e. The van der Waals surface area contributed by atoms with E-state index in [0.717, 1.165) is 23.0 Å². The van der Waals surface area contributed by atoms with Crippen LogP contribution in [-0.4, -0.2) is 24.3 Å². The Morgan fingerprint density at radius 2 is 2.42 bits per heavy atom. The van der Waals surface area contributed by atoms with Gasteiger partial charge in [-0.25, -0.2) is 0 Å². The Morgan fingerprint density at radius 1 is 1.58 bits per heavy atom. The number of nitrogens with zero attached hydrogens (tertiary/aromatic N) is 2. The van der Waals surface area contributed by atoms with Gasteiger partial charge in [-0.15, -0.1) is 11.3 Å². The van der Waals surface area contributed by atoms with Crippen molar-refractivity contribution in [3.05, 3.63) is 21.3 Å². The molecule has 0 N–H and O–H groups in total. The molecule has 0 saturated carbocycles. The van der Waals surface area contributed by atoms with Crippen molar-refractivity contribution in [1.29, 1.82) is 0 Å². The molecule has 0 saturated heterocycles. The molecule has 0 atom stereocenters. The van der Waals surface area contributed by atoms with E-state index < -0.39 is 0 Å². The summed E-state index contributed by atoms with van der Waals surface area (Å²) in [5.74, 6) is 0. The van der Waals surface area contributed by atoms with Gasteiger partial charge in [0.2, 0.25) is 0 Å². The number of hydrazone groups is 1. The molecule has 1 aromatic heterocycles. The molecule has 4 heteroatoms. The van der Waals surface area contributed by atoms with E-state index in [-0.39, 0.29) is 0 Å². The molecule has 2 rings (SSSR count). The second-order valence-corrected chi connectivity index (χ2v) is 4.50. The van der Waals surface area contributed by atoms with Crippen LogP contribution in [0.4, 0.5) is 0 Å². The van der Waals surface area contributed by atoms with E-state index >= 15 is 0 Å². The number of halogens is 1. The van der Waals surface area contributed by atoms with Gasteiger partial charge in [0.05, 0.1) is 14.9 Å². The minimum atomic E-state index is 0.835.